The first-order valence-electron chi connectivity index (χ1n) is 8.85. The SMILES string of the molecule is COc1ccc(-c2cc(C(=O)Nc3nc(C)c(C)s3)c3ccccc3n2)cc1. The summed E-state index contributed by atoms with van der Waals surface area (Å²) in [6, 6.07) is 17.1. The van der Waals surface area contributed by atoms with Gasteiger partial charge < -0.3 is 4.74 Å². The van der Waals surface area contributed by atoms with Gasteiger partial charge in [0.05, 0.1) is 29.6 Å². The van der Waals surface area contributed by atoms with Crippen molar-refractivity contribution in [2.45, 2.75) is 13.8 Å². The smallest absolute Gasteiger partial charge is 0.258 e. The van der Waals surface area contributed by atoms with Gasteiger partial charge in [0.25, 0.3) is 5.91 Å². The number of thiazole rings is 1. The standard InChI is InChI=1S/C22H19N3O2S/c1-13-14(2)28-22(23-13)25-21(26)18-12-20(15-8-10-16(27-3)11-9-15)24-19-7-5-4-6-17(18)19/h4-12H,1-3H3,(H,23,25,26). The number of aromatic nitrogens is 2. The average molecular weight is 389 g/mol. The Morgan fingerprint density at radius 2 is 1.79 bits per heavy atom. The van der Waals surface area contributed by atoms with Crippen LogP contribution in [0.5, 0.6) is 5.75 Å². The van der Waals surface area contributed by atoms with E-state index >= 15 is 0 Å². The van der Waals surface area contributed by atoms with Crippen molar-refractivity contribution in [2.24, 2.45) is 0 Å². The average Bonchev–Trinajstić information content (AvgIpc) is 3.04. The third kappa shape index (κ3) is 3.46. The third-order valence-corrected chi connectivity index (χ3v) is 5.58. The molecule has 0 aliphatic heterocycles. The third-order valence-electron chi connectivity index (χ3n) is 4.60. The second kappa shape index (κ2) is 7.40. The number of hydrogen-bond acceptors (Lipinski definition) is 5. The fraction of sp³-hybridized carbons (Fsp3) is 0.136. The van der Waals surface area contributed by atoms with Crippen LogP contribution in [0.2, 0.25) is 0 Å². The zero-order valence-electron chi connectivity index (χ0n) is 15.8. The molecule has 0 saturated carbocycles. The molecule has 0 aliphatic carbocycles. The number of rotatable bonds is 4. The van der Waals surface area contributed by atoms with Crippen molar-refractivity contribution in [3.05, 3.63) is 70.7 Å². The van der Waals surface area contributed by atoms with Crippen molar-refractivity contribution >= 4 is 33.3 Å². The highest BCUT2D eigenvalue weighted by Crippen LogP contribution is 2.28. The van der Waals surface area contributed by atoms with E-state index in [2.05, 4.69) is 10.3 Å². The van der Waals surface area contributed by atoms with Crippen molar-refractivity contribution in [3.8, 4) is 17.0 Å². The van der Waals surface area contributed by atoms with Crippen molar-refractivity contribution in [3.63, 3.8) is 0 Å². The monoisotopic (exact) mass is 389 g/mol. The summed E-state index contributed by atoms with van der Waals surface area (Å²) in [6.07, 6.45) is 0. The maximum absolute atomic E-state index is 13.0. The maximum atomic E-state index is 13.0. The largest absolute Gasteiger partial charge is 0.497 e. The molecule has 6 heteroatoms. The van der Waals surface area contributed by atoms with Gasteiger partial charge in [0.1, 0.15) is 5.75 Å². The van der Waals surface area contributed by atoms with Crippen molar-refractivity contribution in [1.82, 2.24) is 9.97 Å². The molecule has 0 saturated heterocycles. The number of benzene rings is 2. The Bertz CT molecular complexity index is 1150. The summed E-state index contributed by atoms with van der Waals surface area (Å²) in [5, 5.41) is 4.34. The van der Waals surface area contributed by atoms with Crippen LogP contribution in [0.15, 0.2) is 54.6 Å². The number of carbonyl (C=O) groups excluding carboxylic acids is 1. The molecule has 28 heavy (non-hydrogen) atoms. The highest BCUT2D eigenvalue weighted by Gasteiger charge is 2.16. The van der Waals surface area contributed by atoms with Crippen LogP contribution in [0.3, 0.4) is 0 Å². The van der Waals surface area contributed by atoms with Crippen LogP contribution in [0.1, 0.15) is 20.9 Å². The molecule has 4 aromatic rings. The van der Waals surface area contributed by atoms with E-state index < -0.39 is 0 Å². The van der Waals surface area contributed by atoms with E-state index in [0.29, 0.717) is 10.7 Å². The lowest BCUT2D eigenvalue weighted by Crippen LogP contribution is -2.13. The first-order chi connectivity index (χ1) is 13.5. The molecule has 140 valence electrons. The fourth-order valence-corrected chi connectivity index (χ4v) is 3.77. The van der Waals surface area contributed by atoms with Crippen LogP contribution in [-0.4, -0.2) is 23.0 Å². The van der Waals surface area contributed by atoms with Gasteiger partial charge in [0.2, 0.25) is 0 Å². The Balaban J connectivity index is 1.78. The molecule has 0 fully saturated rings. The molecule has 2 heterocycles. The van der Waals surface area contributed by atoms with Gasteiger partial charge in [-0.05, 0) is 50.2 Å². The molecule has 0 aliphatic rings. The molecule has 4 rings (SSSR count). The number of hydrogen-bond donors (Lipinski definition) is 1. The number of fused-ring (bicyclic) bond motifs is 1. The fourth-order valence-electron chi connectivity index (χ4n) is 2.96. The summed E-state index contributed by atoms with van der Waals surface area (Å²) in [5.41, 5.74) is 3.92. The summed E-state index contributed by atoms with van der Waals surface area (Å²) in [6.45, 7) is 3.93. The summed E-state index contributed by atoms with van der Waals surface area (Å²) >= 11 is 1.47. The van der Waals surface area contributed by atoms with E-state index in [0.717, 1.165) is 38.5 Å². The summed E-state index contributed by atoms with van der Waals surface area (Å²) in [5.74, 6) is 0.583. The lowest BCUT2D eigenvalue weighted by atomic mass is 10.0. The second-order valence-electron chi connectivity index (χ2n) is 6.42. The Morgan fingerprint density at radius 3 is 2.46 bits per heavy atom. The predicted octanol–water partition coefficient (Wildman–Crippen LogP) is 5.24. The Morgan fingerprint density at radius 1 is 1.04 bits per heavy atom. The van der Waals surface area contributed by atoms with Crippen LogP contribution in [0.25, 0.3) is 22.2 Å². The van der Waals surface area contributed by atoms with Gasteiger partial charge in [-0.3, -0.25) is 10.1 Å². The Hall–Kier alpha value is -3.25. The molecule has 0 radical (unpaired) electrons. The number of pyridine rings is 1. The molecule has 0 unspecified atom stereocenters. The normalized spacial score (nSPS) is 10.8. The number of aryl methyl sites for hydroxylation is 2. The number of anilines is 1. The van der Waals surface area contributed by atoms with E-state index in [1.165, 1.54) is 11.3 Å². The zero-order chi connectivity index (χ0) is 19.7. The molecule has 0 bridgehead atoms. The molecular formula is C22H19N3O2S. The van der Waals surface area contributed by atoms with Crippen LogP contribution >= 0.6 is 11.3 Å². The summed E-state index contributed by atoms with van der Waals surface area (Å²) in [7, 11) is 1.63. The molecule has 5 nitrogen and oxygen atoms in total. The lowest BCUT2D eigenvalue weighted by Gasteiger charge is -2.10. The molecule has 1 N–H and O–H groups in total. The van der Waals surface area contributed by atoms with Crippen molar-refractivity contribution in [2.75, 3.05) is 12.4 Å². The number of ether oxygens (including phenoxy) is 1. The van der Waals surface area contributed by atoms with Gasteiger partial charge in [0.15, 0.2) is 5.13 Å². The second-order valence-corrected chi connectivity index (χ2v) is 7.62. The molecule has 2 aromatic carbocycles. The van der Waals surface area contributed by atoms with Crippen LogP contribution in [0, 0.1) is 13.8 Å². The quantitative estimate of drug-likeness (QED) is 0.519. The number of carbonyl (C=O) groups is 1. The van der Waals surface area contributed by atoms with E-state index in [1.807, 2.05) is 68.4 Å². The molecule has 1 amide bonds. The minimum atomic E-state index is -0.192. The van der Waals surface area contributed by atoms with Crippen molar-refractivity contribution < 1.29 is 9.53 Å². The molecule has 0 atom stereocenters. The Labute approximate surface area is 167 Å². The van der Waals surface area contributed by atoms with Crippen LogP contribution < -0.4 is 10.1 Å². The van der Waals surface area contributed by atoms with E-state index in [1.54, 1.807) is 7.11 Å². The highest BCUT2D eigenvalue weighted by atomic mass is 32.1. The van der Waals surface area contributed by atoms with Gasteiger partial charge in [-0.15, -0.1) is 11.3 Å². The first kappa shape index (κ1) is 18.1. The van der Waals surface area contributed by atoms with E-state index in [4.69, 9.17) is 9.72 Å². The lowest BCUT2D eigenvalue weighted by molar-refractivity contribution is 0.102. The van der Waals surface area contributed by atoms with Gasteiger partial charge in [-0.25, -0.2) is 9.97 Å². The van der Waals surface area contributed by atoms with E-state index in [9.17, 15) is 4.79 Å². The number of amides is 1. The molecule has 2 aromatic heterocycles. The maximum Gasteiger partial charge on any atom is 0.258 e. The Kier molecular flexibility index (Phi) is 4.79. The number of para-hydroxylation sites is 1. The summed E-state index contributed by atoms with van der Waals surface area (Å²) in [4.78, 5) is 23.3. The van der Waals surface area contributed by atoms with Crippen molar-refractivity contribution in [1.29, 1.82) is 0 Å². The van der Waals surface area contributed by atoms with Crippen LogP contribution in [-0.2, 0) is 0 Å². The predicted molar refractivity (Wildman–Crippen MR) is 113 cm³/mol. The highest BCUT2D eigenvalue weighted by molar-refractivity contribution is 7.15. The van der Waals surface area contributed by atoms with Gasteiger partial charge >= 0.3 is 0 Å². The summed E-state index contributed by atoms with van der Waals surface area (Å²) < 4.78 is 5.22. The van der Waals surface area contributed by atoms with Crippen LogP contribution in [0.4, 0.5) is 5.13 Å². The topological polar surface area (TPSA) is 64.1 Å². The molecule has 0 spiro atoms. The van der Waals surface area contributed by atoms with Gasteiger partial charge in [0, 0.05) is 15.8 Å². The van der Waals surface area contributed by atoms with Gasteiger partial charge in [-0.1, -0.05) is 18.2 Å². The number of nitrogens with zero attached hydrogens (tertiary/aromatic N) is 2. The van der Waals surface area contributed by atoms with Gasteiger partial charge in [-0.2, -0.15) is 0 Å². The zero-order valence-corrected chi connectivity index (χ0v) is 16.6. The first-order valence-corrected chi connectivity index (χ1v) is 9.66. The minimum absolute atomic E-state index is 0.192. The molecular weight excluding hydrogens is 370 g/mol. The minimum Gasteiger partial charge on any atom is -0.497 e. The van der Waals surface area contributed by atoms with E-state index in [-0.39, 0.29) is 5.91 Å². The number of nitrogens with one attached hydrogen (secondary N) is 1. The number of methoxy groups -OCH3 is 1.